The largest absolute Gasteiger partial charge is 0.368 e. The Hall–Kier alpha value is -1.80. The molecule has 0 spiro atoms. The van der Waals surface area contributed by atoms with Crippen LogP contribution in [0, 0.1) is 6.92 Å². The van der Waals surface area contributed by atoms with E-state index in [-0.39, 0.29) is 0 Å². The van der Waals surface area contributed by atoms with Crippen molar-refractivity contribution in [3.8, 4) is 0 Å². The van der Waals surface area contributed by atoms with Gasteiger partial charge in [-0.25, -0.2) is 0 Å². The third kappa shape index (κ3) is 2.56. The lowest BCUT2D eigenvalue weighted by atomic mass is 10.0. The summed E-state index contributed by atoms with van der Waals surface area (Å²) in [5.74, 6) is 0. The second-order valence-electron chi connectivity index (χ2n) is 5.64. The quantitative estimate of drug-likeness (QED) is 0.821. The minimum absolute atomic E-state index is 0.476. The van der Waals surface area contributed by atoms with Gasteiger partial charge in [0.1, 0.15) is 0 Å². The molecule has 0 saturated carbocycles. The van der Waals surface area contributed by atoms with E-state index in [1.807, 2.05) is 0 Å². The molecule has 2 heteroatoms. The topological polar surface area (TPSA) is 6.48 Å². The molecular formula is C18H22N2. The van der Waals surface area contributed by atoms with Crippen LogP contribution in [-0.4, -0.2) is 31.6 Å². The van der Waals surface area contributed by atoms with Gasteiger partial charge in [-0.05, 0) is 31.2 Å². The highest BCUT2D eigenvalue weighted by Gasteiger charge is 2.26. The van der Waals surface area contributed by atoms with Gasteiger partial charge in [0.25, 0.3) is 0 Å². The van der Waals surface area contributed by atoms with Gasteiger partial charge in [-0.1, -0.05) is 48.5 Å². The molecule has 1 atom stereocenters. The van der Waals surface area contributed by atoms with Crippen molar-refractivity contribution in [1.82, 2.24) is 4.90 Å². The number of benzene rings is 2. The molecule has 3 rings (SSSR count). The molecule has 0 N–H and O–H groups in total. The molecule has 1 saturated heterocycles. The van der Waals surface area contributed by atoms with Gasteiger partial charge in [0.15, 0.2) is 0 Å². The summed E-state index contributed by atoms with van der Waals surface area (Å²) in [4.78, 5) is 4.98. The minimum Gasteiger partial charge on any atom is -0.368 e. The molecular weight excluding hydrogens is 244 g/mol. The zero-order chi connectivity index (χ0) is 13.9. The first-order chi connectivity index (χ1) is 9.75. The Morgan fingerprint density at radius 2 is 1.60 bits per heavy atom. The molecule has 1 fully saturated rings. The molecule has 104 valence electrons. The molecule has 2 aromatic carbocycles. The van der Waals surface area contributed by atoms with Crippen molar-refractivity contribution in [2.45, 2.75) is 13.0 Å². The number of nitrogens with zero attached hydrogens (tertiary/aromatic N) is 2. The van der Waals surface area contributed by atoms with Crippen LogP contribution in [0.15, 0.2) is 54.6 Å². The molecule has 2 aromatic rings. The van der Waals surface area contributed by atoms with Crippen molar-refractivity contribution in [1.29, 1.82) is 0 Å². The predicted molar refractivity (Wildman–Crippen MR) is 85.2 cm³/mol. The summed E-state index contributed by atoms with van der Waals surface area (Å²) in [5, 5.41) is 0. The summed E-state index contributed by atoms with van der Waals surface area (Å²) < 4.78 is 0. The van der Waals surface area contributed by atoms with E-state index in [0.717, 1.165) is 19.6 Å². The van der Waals surface area contributed by atoms with E-state index in [0.29, 0.717) is 6.04 Å². The number of rotatable bonds is 2. The third-order valence-electron chi connectivity index (χ3n) is 4.29. The predicted octanol–water partition coefficient (Wildman–Crippen LogP) is 3.49. The van der Waals surface area contributed by atoms with Crippen molar-refractivity contribution in [3.05, 3.63) is 65.7 Å². The van der Waals surface area contributed by atoms with Crippen LogP contribution in [0.1, 0.15) is 17.2 Å². The van der Waals surface area contributed by atoms with Gasteiger partial charge in [-0.2, -0.15) is 0 Å². The zero-order valence-electron chi connectivity index (χ0n) is 12.3. The molecule has 2 nitrogen and oxygen atoms in total. The monoisotopic (exact) mass is 266 g/mol. The van der Waals surface area contributed by atoms with E-state index in [9.17, 15) is 0 Å². The molecule has 0 amide bonds. The average Bonchev–Trinajstić information content (AvgIpc) is 2.49. The van der Waals surface area contributed by atoms with Crippen LogP contribution in [0.5, 0.6) is 0 Å². The highest BCUT2D eigenvalue weighted by molar-refractivity contribution is 5.53. The Kier molecular flexibility index (Phi) is 3.75. The van der Waals surface area contributed by atoms with Crippen LogP contribution in [0.2, 0.25) is 0 Å². The highest BCUT2D eigenvalue weighted by Crippen LogP contribution is 2.28. The van der Waals surface area contributed by atoms with Crippen LogP contribution >= 0.6 is 0 Å². The summed E-state index contributed by atoms with van der Waals surface area (Å²) in [6.07, 6.45) is 0. The Morgan fingerprint density at radius 1 is 0.900 bits per heavy atom. The first-order valence-electron chi connectivity index (χ1n) is 7.31. The number of piperazine rings is 1. The molecule has 20 heavy (non-hydrogen) atoms. The smallest absolute Gasteiger partial charge is 0.0521 e. The van der Waals surface area contributed by atoms with Gasteiger partial charge < -0.3 is 4.90 Å². The second kappa shape index (κ2) is 5.68. The maximum atomic E-state index is 2.52. The van der Waals surface area contributed by atoms with Crippen molar-refractivity contribution in [2.75, 3.05) is 31.6 Å². The Balaban J connectivity index is 1.85. The summed E-state index contributed by atoms with van der Waals surface area (Å²) in [6, 6.07) is 20.0. The van der Waals surface area contributed by atoms with E-state index in [1.54, 1.807) is 0 Å². The lowest BCUT2D eigenvalue weighted by Gasteiger charge is -2.41. The number of anilines is 1. The van der Waals surface area contributed by atoms with Crippen molar-refractivity contribution >= 4 is 5.69 Å². The molecule has 0 aliphatic carbocycles. The van der Waals surface area contributed by atoms with Gasteiger partial charge in [-0.15, -0.1) is 0 Å². The Labute approximate surface area is 121 Å². The van der Waals surface area contributed by atoms with Gasteiger partial charge in [0.05, 0.1) is 6.04 Å². The van der Waals surface area contributed by atoms with Crippen molar-refractivity contribution < 1.29 is 0 Å². The number of hydrogen-bond donors (Lipinski definition) is 0. The van der Waals surface area contributed by atoms with E-state index >= 15 is 0 Å². The molecule has 0 bridgehead atoms. The molecule has 0 aromatic heterocycles. The van der Waals surface area contributed by atoms with Crippen LogP contribution in [-0.2, 0) is 0 Å². The summed E-state index contributed by atoms with van der Waals surface area (Å²) >= 11 is 0. The van der Waals surface area contributed by atoms with Gasteiger partial charge in [-0.3, -0.25) is 4.90 Å². The fourth-order valence-electron chi connectivity index (χ4n) is 3.05. The van der Waals surface area contributed by atoms with Crippen molar-refractivity contribution in [3.63, 3.8) is 0 Å². The normalized spacial score (nSPS) is 20.1. The average molecular weight is 266 g/mol. The SMILES string of the molecule is Cc1ccccc1N1CCN(C)C(c2ccccc2)C1. The fraction of sp³-hybridized carbons (Fsp3) is 0.333. The summed E-state index contributed by atoms with van der Waals surface area (Å²) in [6.45, 7) is 5.47. The Morgan fingerprint density at radius 3 is 2.35 bits per heavy atom. The summed E-state index contributed by atoms with van der Waals surface area (Å²) in [5.41, 5.74) is 4.15. The van der Waals surface area contributed by atoms with Crippen LogP contribution in [0.25, 0.3) is 0 Å². The van der Waals surface area contributed by atoms with Crippen LogP contribution in [0.4, 0.5) is 5.69 Å². The number of likely N-dealkylation sites (N-methyl/N-ethyl adjacent to an activating group) is 1. The van der Waals surface area contributed by atoms with E-state index in [2.05, 4.69) is 78.4 Å². The maximum absolute atomic E-state index is 2.52. The van der Waals surface area contributed by atoms with Crippen molar-refractivity contribution in [2.24, 2.45) is 0 Å². The lowest BCUT2D eigenvalue weighted by Crippen LogP contribution is -2.46. The fourth-order valence-corrected chi connectivity index (χ4v) is 3.05. The van der Waals surface area contributed by atoms with Gasteiger partial charge in [0.2, 0.25) is 0 Å². The van der Waals surface area contributed by atoms with E-state index < -0.39 is 0 Å². The molecule has 1 heterocycles. The number of hydrogen-bond acceptors (Lipinski definition) is 2. The third-order valence-corrected chi connectivity index (χ3v) is 4.29. The number of para-hydroxylation sites is 1. The maximum Gasteiger partial charge on any atom is 0.0521 e. The van der Waals surface area contributed by atoms with Gasteiger partial charge in [0, 0.05) is 25.3 Å². The molecule has 0 radical (unpaired) electrons. The zero-order valence-corrected chi connectivity index (χ0v) is 12.3. The second-order valence-corrected chi connectivity index (χ2v) is 5.64. The van der Waals surface area contributed by atoms with E-state index in [4.69, 9.17) is 0 Å². The van der Waals surface area contributed by atoms with E-state index in [1.165, 1.54) is 16.8 Å². The lowest BCUT2D eigenvalue weighted by molar-refractivity contribution is 0.221. The minimum atomic E-state index is 0.476. The molecule has 1 aliphatic rings. The first kappa shape index (κ1) is 13.2. The number of aryl methyl sites for hydroxylation is 1. The molecule has 1 aliphatic heterocycles. The van der Waals surface area contributed by atoms with Crippen LogP contribution < -0.4 is 4.90 Å². The first-order valence-corrected chi connectivity index (χ1v) is 7.31. The standard InChI is InChI=1S/C18H22N2/c1-15-8-6-7-11-17(15)20-13-12-19(2)18(14-20)16-9-4-3-5-10-16/h3-11,18H,12-14H2,1-2H3. The Bertz CT molecular complexity index is 565. The van der Waals surface area contributed by atoms with Crippen LogP contribution in [0.3, 0.4) is 0 Å². The summed E-state index contributed by atoms with van der Waals surface area (Å²) in [7, 11) is 2.23. The molecule has 1 unspecified atom stereocenters. The van der Waals surface area contributed by atoms with Gasteiger partial charge >= 0.3 is 0 Å². The highest BCUT2D eigenvalue weighted by atomic mass is 15.3.